The van der Waals surface area contributed by atoms with Gasteiger partial charge in [-0.05, 0) is 49.2 Å². The summed E-state index contributed by atoms with van der Waals surface area (Å²) < 4.78 is 0. The van der Waals surface area contributed by atoms with Gasteiger partial charge in [-0.25, -0.2) is 0 Å². The molecular formula is C16H19N3O. The highest BCUT2D eigenvalue weighted by molar-refractivity contribution is 6.04. The molecule has 0 fully saturated rings. The lowest BCUT2D eigenvalue weighted by molar-refractivity contribution is 0.102. The predicted molar refractivity (Wildman–Crippen MR) is 82.1 cm³/mol. The number of rotatable bonds is 5. The summed E-state index contributed by atoms with van der Waals surface area (Å²) in [6.07, 6.45) is 4.47. The van der Waals surface area contributed by atoms with Crippen LogP contribution in [0.3, 0.4) is 0 Å². The molecule has 0 aliphatic rings. The summed E-state index contributed by atoms with van der Waals surface area (Å²) in [7, 11) is 0. The highest BCUT2D eigenvalue weighted by Gasteiger charge is 2.07. The Labute approximate surface area is 119 Å². The number of aryl methyl sites for hydroxylation is 1. The number of pyridine rings is 1. The summed E-state index contributed by atoms with van der Waals surface area (Å²) in [6.45, 7) is 4.97. The van der Waals surface area contributed by atoms with Crippen molar-refractivity contribution in [2.45, 2.75) is 20.3 Å². The number of carbonyl (C=O) groups is 1. The molecule has 2 rings (SSSR count). The van der Waals surface area contributed by atoms with Gasteiger partial charge in [0, 0.05) is 35.9 Å². The molecule has 0 atom stereocenters. The van der Waals surface area contributed by atoms with Gasteiger partial charge in [0.2, 0.25) is 0 Å². The molecule has 0 spiro atoms. The Morgan fingerprint density at radius 2 is 1.95 bits per heavy atom. The van der Waals surface area contributed by atoms with E-state index in [1.807, 2.05) is 31.2 Å². The van der Waals surface area contributed by atoms with E-state index in [0.29, 0.717) is 5.56 Å². The van der Waals surface area contributed by atoms with Gasteiger partial charge in [0.1, 0.15) is 0 Å². The lowest BCUT2D eigenvalue weighted by atomic mass is 10.1. The molecule has 1 aromatic heterocycles. The quantitative estimate of drug-likeness (QED) is 0.874. The first kappa shape index (κ1) is 14.1. The van der Waals surface area contributed by atoms with E-state index < -0.39 is 0 Å². The molecule has 2 aromatic rings. The van der Waals surface area contributed by atoms with Crippen LogP contribution in [-0.2, 0) is 0 Å². The number of amides is 1. The Balaban J connectivity index is 2.04. The van der Waals surface area contributed by atoms with Crippen molar-refractivity contribution in [2.75, 3.05) is 17.2 Å². The first-order chi connectivity index (χ1) is 9.70. The molecule has 0 radical (unpaired) electrons. The van der Waals surface area contributed by atoms with Gasteiger partial charge in [0.25, 0.3) is 5.91 Å². The molecule has 104 valence electrons. The van der Waals surface area contributed by atoms with Crippen LogP contribution in [0.5, 0.6) is 0 Å². The lowest BCUT2D eigenvalue weighted by Crippen LogP contribution is -2.12. The SMILES string of the molecule is CCCNc1ccc(C(=O)Nc2ccncc2C)cc1. The van der Waals surface area contributed by atoms with Crippen LogP contribution in [0.25, 0.3) is 0 Å². The van der Waals surface area contributed by atoms with E-state index in [2.05, 4.69) is 22.5 Å². The topological polar surface area (TPSA) is 54.0 Å². The van der Waals surface area contributed by atoms with E-state index in [-0.39, 0.29) is 5.91 Å². The predicted octanol–water partition coefficient (Wildman–Crippen LogP) is 3.46. The first-order valence-corrected chi connectivity index (χ1v) is 6.76. The summed E-state index contributed by atoms with van der Waals surface area (Å²) >= 11 is 0. The zero-order valence-electron chi connectivity index (χ0n) is 11.8. The second kappa shape index (κ2) is 6.70. The van der Waals surface area contributed by atoms with E-state index in [1.54, 1.807) is 18.5 Å². The smallest absolute Gasteiger partial charge is 0.255 e. The molecule has 20 heavy (non-hydrogen) atoms. The average Bonchev–Trinajstić information content (AvgIpc) is 2.48. The van der Waals surface area contributed by atoms with Gasteiger partial charge in [-0.3, -0.25) is 9.78 Å². The van der Waals surface area contributed by atoms with E-state index in [4.69, 9.17) is 0 Å². The van der Waals surface area contributed by atoms with Crippen LogP contribution in [0.4, 0.5) is 11.4 Å². The number of hydrogen-bond donors (Lipinski definition) is 2. The minimum atomic E-state index is -0.110. The molecule has 0 aliphatic carbocycles. The summed E-state index contributed by atoms with van der Waals surface area (Å²) in [5.41, 5.74) is 3.41. The number of nitrogens with one attached hydrogen (secondary N) is 2. The highest BCUT2D eigenvalue weighted by atomic mass is 16.1. The maximum atomic E-state index is 12.1. The fraction of sp³-hybridized carbons (Fsp3) is 0.250. The lowest BCUT2D eigenvalue weighted by Gasteiger charge is -2.09. The fourth-order valence-corrected chi connectivity index (χ4v) is 1.82. The Morgan fingerprint density at radius 1 is 1.20 bits per heavy atom. The molecule has 1 aromatic carbocycles. The molecule has 1 amide bonds. The molecule has 0 bridgehead atoms. The van der Waals surface area contributed by atoms with E-state index in [9.17, 15) is 4.79 Å². The number of benzene rings is 1. The molecule has 0 unspecified atom stereocenters. The van der Waals surface area contributed by atoms with E-state index in [0.717, 1.165) is 29.9 Å². The van der Waals surface area contributed by atoms with Crippen LogP contribution < -0.4 is 10.6 Å². The molecular weight excluding hydrogens is 250 g/mol. The fourth-order valence-electron chi connectivity index (χ4n) is 1.82. The molecule has 2 N–H and O–H groups in total. The molecule has 0 saturated carbocycles. The zero-order chi connectivity index (χ0) is 14.4. The maximum absolute atomic E-state index is 12.1. The van der Waals surface area contributed by atoms with Crippen molar-refractivity contribution in [1.29, 1.82) is 0 Å². The van der Waals surface area contributed by atoms with Crippen LogP contribution in [-0.4, -0.2) is 17.4 Å². The third-order valence-electron chi connectivity index (χ3n) is 2.99. The van der Waals surface area contributed by atoms with Crippen LogP contribution in [0.1, 0.15) is 29.3 Å². The van der Waals surface area contributed by atoms with E-state index in [1.165, 1.54) is 0 Å². The molecule has 4 nitrogen and oxygen atoms in total. The largest absolute Gasteiger partial charge is 0.385 e. The van der Waals surface area contributed by atoms with Gasteiger partial charge in [0.15, 0.2) is 0 Å². The van der Waals surface area contributed by atoms with Gasteiger partial charge in [0.05, 0.1) is 0 Å². The van der Waals surface area contributed by atoms with E-state index >= 15 is 0 Å². The van der Waals surface area contributed by atoms with Crippen molar-refractivity contribution in [3.63, 3.8) is 0 Å². The second-order valence-corrected chi connectivity index (χ2v) is 4.65. The minimum absolute atomic E-state index is 0.110. The molecule has 0 aliphatic heterocycles. The van der Waals surface area contributed by atoms with Crippen molar-refractivity contribution in [3.8, 4) is 0 Å². The van der Waals surface area contributed by atoms with Gasteiger partial charge in [-0.15, -0.1) is 0 Å². The monoisotopic (exact) mass is 269 g/mol. The summed E-state index contributed by atoms with van der Waals surface area (Å²) in [5.74, 6) is -0.110. The van der Waals surface area contributed by atoms with Crippen LogP contribution in [0, 0.1) is 6.92 Å². The van der Waals surface area contributed by atoms with Gasteiger partial charge < -0.3 is 10.6 Å². The van der Waals surface area contributed by atoms with Crippen LogP contribution in [0.2, 0.25) is 0 Å². The highest BCUT2D eigenvalue weighted by Crippen LogP contribution is 2.15. The molecule has 0 saturated heterocycles. The Hall–Kier alpha value is -2.36. The number of anilines is 2. The van der Waals surface area contributed by atoms with Crippen LogP contribution in [0.15, 0.2) is 42.7 Å². The summed E-state index contributed by atoms with van der Waals surface area (Å²) in [5, 5.41) is 6.17. The normalized spacial score (nSPS) is 10.1. The van der Waals surface area contributed by atoms with Crippen LogP contribution >= 0.6 is 0 Å². The third-order valence-corrected chi connectivity index (χ3v) is 2.99. The Bertz CT molecular complexity index is 579. The van der Waals surface area contributed by atoms with Crippen molar-refractivity contribution in [2.24, 2.45) is 0 Å². The standard InChI is InChI=1S/C16H19N3O/c1-3-9-18-14-6-4-13(5-7-14)16(20)19-15-8-10-17-11-12(15)2/h4-8,10-11,18H,3,9H2,1-2H3,(H,17,19,20). The Kier molecular flexibility index (Phi) is 4.71. The van der Waals surface area contributed by atoms with Gasteiger partial charge >= 0.3 is 0 Å². The van der Waals surface area contributed by atoms with Gasteiger partial charge in [-0.1, -0.05) is 6.92 Å². The number of hydrogen-bond acceptors (Lipinski definition) is 3. The van der Waals surface area contributed by atoms with Crippen molar-refractivity contribution < 1.29 is 4.79 Å². The van der Waals surface area contributed by atoms with Gasteiger partial charge in [-0.2, -0.15) is 0 Å². The minimum Gasteiger partial charge on any atom is -0.385 e. The summed E-state index contributed by atoms with van der Waals surface area (Å²) in [6, 6.07) is 9.28. The maximum Gasteiger partial charge on any atom is 0.255 e. The number of nitrogens with zero attached hydrogens (tertiary/aromatic N) is 1. The Morgan fingerprint density at radius 3 is 2.60 bits per heavy atom. The average molecular weight is 269 g/mol. The number of carbonyl (C=O) groups excluding carboxylic acids is 1. The molecule has 1 heterocycles. The zero-order valence-corrected chi connectivity index (χ0v) is 11.8. The molecule has 4 heteroatoms. The second-order valence-electron chi connectivity index (χ2n) is 4.65. The van der Waals surface area contributed by atoms with Crippen molar-refractivity contribution in [1.82, 2.24) is 4.98 Å². The van der Waals surface area contributed by atoms with Crippen molar-refractivity contribution >= 4 is 17.3 Å². The summed E-state index contributed by atoms with van der Waals surface area (Å²) in [4.78, 5) is 16.1. The first-order valence-electron chi connectivity index (χ1n) is 6.76. The number of aromatic nitrogens is 1. The van der Waals surface area contributed by atoms with Crippen molar-refractivity contribution in [3.05, 3.63) is 53.9 Å². The third kappa shape index (κ3) is 3.57.